The molecule has 0 saturated carbocycles. The monoisotopic (exact) mass is 268 g/mol. The van der Waals surface area contributed by atoms with E-state index in [1.807, 2.05) is 0 Å². The SMILES string of the molecule is CCCCCCCCCC(CC(=O)O)C(F)(F)F. The van der Waals surface area contributed by atoms with Crippen molar-refractivity contribution in [1.29, 1.82) is 0 Å². The Morgan fingerprint density at radius 3 is 2.00 bits per heavy atom. The number of alkyl halides is 3. The Morgan fingerprint density at radius 1 is 1.06 bits per heavy atom. The van der Waals surface area contributed by atoms with Gasteiger partial charge in [0.2, 0.25) is 0 Å². The second-order valence-electron chi connectivity index (χ2n) is 4.75. The number of unbranched alkanes of at least 4 members (excludes halogenated alkanes) is 6. The van der Waals surface area contributed by atoms with Gasteiger partial charge in [0.25, 0.3) is 0 Å². The van der Waals surface area contributed by atoms with Gasteiger partial charge in [-0.2, -0.15) is 13.2 Å². The average Bonchev–Trinajstić information content (AvgIpc) is 2.24. The lowest BCUT2D eigenvalue weighted by Crippen LogP contribution is -2.25. The zero-order chi connectivity index (χ0) is 14.0. The van der Waals surface area contributed by atoms with Crippen LogP contribution in [0.2, 0.25) is 0 Å². The first kappa shape index (κ1) is 17.3. The van der Waals surface area contributed by atoms with Crippen LogP contribution in [0.3, 0.4) is 0 Å². The van der Waals surface area contributed by atoms with Crippen molar-refractivity contribution in [2.75, 3.05) is 0 Å². The van der Waals surface area contributed by atoms with Gasteiger partial charge in [0, 0.05) is 0 Å². The molecule has 0 spiro atoms. The van der Waals surface area contributed by atoms with Gasteiger partial charge in [-0.3, -0.25) is 4.79 Å². The molecule has 0 aliphatic heterocycles. The largest absolute Gasteiger partial charge is 0.481 e. The summed E-state index contributed by atoms with van der Waals surface area (Å²) in [5, 5.41) is 8.45. The van der Waals surface area contributed by atoms with Crippen LogP contribution in [0.1, 0.15) is 64.7 Å². The predicted octanol–water partition coefficient (Wildman–Crippen LogP) is 4.78. The quantitative estimate of drug-likeness (QED) is 0.579. The zero-order valence-corrected chi connectivity index (χ0v) is 10.9. The highest BCUT2D eigenvalue weighted by atomic mass is 19.4. The van der Waals surface area contributed by atoms with Crippen molar-refractivity contribution < 1.29 is 23.1 Å². The van der Waals surface area contributed by atoms with Crippen LogP contribution in [0, 0.1) is 5.92 Å². The molecule has 1 N–H and O–H groups in total. The second-order valence-corrected chi connectivity index (χ2v) is 4.75. The van der Waals surface area contributed by atoms with Gasteiger partial charge >= 0.3 is 12.1 Å². The zero-order valence-electron chi connectivity index (χ0n) is 10.9. The molecule has 0 aromatic carbocycles. The third-order valence-electron chi connectivity index (χ3n) is 3.04. The molecule has 0 amide bonds. The molecule has 18 heavy (non-hydrogen) atoms. The Bertz CT molecular complexity index is 227. The minimum Gasteiger partial charge on any atom is -0.481 e. The summed E-state index contributed by atoms with van der Waals surface area (Å²) in [5.41, 5.74) is 0. The normalized spacial score (nSPS) is 13.6. The lowest BCUT2D eigenvalue weighted by Gasteiger charge is -2.18. The minimum atomic E-state index is -4.39. The van der Waals surface area contributed by atoms with Crippen molar-refractivity contribution in [2.24, 2.45) is 5.92 Å². The fourth-order valence-electron chi connectivity index (χ4n) is 1.94. The van der Waals surface area contributed by atoms with Crippen molar-refractivity contribution in [2.45, 2.75) is 70.9 Å². The topological polar surface area (TPSA) is 37.3 Å². The van der Waals surface area contributed by atoms with Crippen LogP contribution in [0.25, 0.3) is 0 Å². The highest BCUT2D eigenvalue weighted by Gasteiger charge is 2.40. The molecule has 0 bridgehead atoms. The molecule has 0 aliphatic carbocycles. The molecule has 1 atom stereocenters. The maximum atomic E-state index is 12.5. The van der Waals surface area contributed by atoms with E-state index in [1.54, 1.807) is 0 Å². The van der Waals surface area contributed by atoms with E-state index in [-0.39, 0.29) is 6.42 Å². The summed E-state index contributed by atoms with van der Waals surface area (Å²) in [7, 11) is 0. The summed E-state index contributed by atoms with van der Waals surface area (Å²) in [4.78, 5) is 10.4. The van der Waals surface area contributed by atoms with Gasteiger partial charge in [-0.05, 0) is 6.42 Å². The summed E-state index contributed by atoms with van der Waals surface area (Å²) in [6.45, 7) is 2.11. The summed E-state index contributed by atoms with van der Waals surface area (Å²) in [6.07, 6.45) is 1.41. The Labute approximate surface area is 107 Å². The van der Waals surface area contributed by atoms with Crippen LogP contribution in [-0.4, -0.2) is 17.3 Å². The van der Waals surface area contributed by atoms with Gasteiger partial charge in [-0.15, -0.1) is 0 Å². The van der Waals surface area contributed by atoms with Crippen molar-refractivity contribution in [3.63, 3.8) is 0 Å². The van der Waals surface area contributed by atoms with Crippen molar-refractivity contribution in [1.82, 2.24) is 0 Å². The molecule has 0 fully saturated rings. The van der Waals surface area contributed by atoms with Crippen LogP contribution < -0.4 is 0 Å². The van der Waals surface area contributed by atoms with E-state index in [9.17, 15) is 18.0 Å². The summed E-state index contributed by atoms with van der Waals surface area (Å²) in [5.74, 6) is -3.06. The van der Waals surface area contributed by atoms with Crippen LogP contribution >= 0.6 is 0 Å². The Balaban J connectivity index is 3.74. The van der Waals surface area contributed by atoms with Gasteiger partial charge in [0.1, 0.15) is 0 Å². The number of carboxylic acids is 1. The first-order chi connectivity index (χ1) is 8.38. The third kappa shape index (κ3) is 9.31. The molecule has 0 saturated heterocycles. The molecule has 2 nitrogen and oxygen atoms in total. The van der Waals surface area contributed by atoms with E-state index in [0.29, 0.717) is 6.42 Å². The van der Waals surface area contributed by atoms with E-state index in [1.165, 1.54) is 6.42 Å². The first-order valence-electron chi connectivity index (χ1n) is 6.66. The van der Waals surface area contributed by atoms with Crippen molar-refractivity contribution in [3.8, 4) is 0 Å². The number of hydrogen-bond donors (Lipinski definition) is 1. The van der Waals surface area contributed by atoms with Gasteiger partial charge in [-0.25, -0.2) is 0 Å². The number of carbonyl (C=O) groups is 1. The molecule has 0 rings (SSSR count). The number of rotatable bonds is 10. The maximum absolute atomic E-state index is 12.5. The molecule has 0 radical (unpaired) electrons. The lowest BCUT2D eigenvalue weighted by molar-refractivity contribution is -0.184. The van der Waals surface area contributed by atoms with Crippen molar-refractivity contribution >= 4 is 5.97 Å². The fourth-order valence-corrected chi connectivity index (χ4v) is 1.94. The smallest absolute Gasteiger partial charge is 0.392 e. The van der Waals surface area contributed by atoms with E-state index >= 15 is 0 Å². The van der Waals surface area contributed by atoms with Crippen LogP contribution in [-0.2, 0) is 4.79 Å². The van der Waals surface area contributed by atoms with E-state index in [2.05, 4.69) is 6.92 Å². The molecule has 0 aromatic rings. The standard InChI is InChI=1S/C13H23F3O2/c1-2-3-4-5-6-7-8-9-11(10-12(17)18)13(14,15)16/h11H,2-10H2,1H3,(H,17,18). The number of halogens is 3. The molecular formula is C13H23F3O2. The number of hydrogen-bond acceptors (Lipinski definition) is 1. The van der Waals surface area contributed by atoms with Gasteiger partial charge in [0.05, 0.1) is 12.3 Å². The summed E-state index contributed by atoms with van der Waals surface area (Å²) < 4.78 is 37.5. The number of aliphatic carboxylic acids is 1. The highest BCUT2D eigenvalue weighted by Crippen LogP contribution is 2.33. The summed E-state index contributed by atoms with van der Waals surface area (Å²) in [6, 6.07) is 0. The molecule has 5 heteroatoms. The van der Waals surface area contributed by atoms with E-state index < -0.39 is 24.5 Å². The van der Waals surface area contributed by atoms with Crippen molar-refractivity contribution in [3.05, 3.63) is 0 Å². The molecule has 0 aromatic heterocycles. The predicted molar refractivity (Wildman–Crippen MR) is 64.4 cm³/mol. The van der Waals surface area contributed by atoms with Crippen LogP contribution in [0.15, 0.2) is 0 Å². The van der Waals surface area contributed by atoms with Gasteiger partial charge in [-0.1, -0.05) is 51.9 Å². The van der Waals surface area contributed by atoms with Crippen LogP contribution in [0.5, 0.6) is 0 Å². The average molecular weight is 268 g/mol. The fraction of sp³-hybridized carbons (Fsp3) is 0.923. The van der Waals surface area contributed by atoms with Gasteiger partial charge < -0.3 is 5.11 Å². The first-order valence-corrected chi connectivity index (χ1v) is 6.66. The second kappa shape index (κ2) is 9.22. The number of carboxylic acid groups (broad SMARTS) is 1. The molecule has 1 unspecified atom stereocenters. The maximum Gasteiger partial charge on any atom is 0.392 e. The van der Waals surface area contributed by atoms with Gasteiger partial charge in [0.15, 0.2) is 0 Å². The third-order valence-corrected chi connectivity index (χ3v) is 3.04. The molecule has 0 heterocycles. The lowest BCUT2D eigenvalue weighted by atomic mass is 9.96. The minimum absolute atomic E-state index is 0.0659. The van der Waals surface area contributed by atoms with E-state index in [0.717, 1.165) is 32.1 Å². The van der Waals surface area contributed by atoms with Crippen LogP contribution in [0.4, 0.5) is 13.2 Å². The Kier molecular flexibility index (Phi) is 8.85. The highest BCUT2D eigenvalue weighted by molar-refractivity contribution is 5.67. The van der Waals surface area contributed by atoms with E-state index in [4.69, 9.17) is 5.11 Å². The molecule has 108 valence electrons. The Hall–Kier alpha value is -0.740. The molecular weight excluding hydrogens is 245 g/mol. The Morgan fingerprint density at radius 2 is 1.56 bits per heavy atom. The molecule has 0 aliphatic rings. The summed E-state index contributed by atoms with van der Waals surface area (Å²) >= 11 is 0.